The second-order valence-electron chi connectivity index (χ2n) is 5.12. The smallest absolute Gasteiger partial charge is 0.306 e. The Kier molecular flexibility index (Phi) is 2.85. The fraction of sp³-hybridized carbons (Fsp3) is 0.333. The van der Waals surface area contributed by atoms with Gasteiger partial charge in [0.2, 0.25) is 0 Å². The van der Waals surface area contributed by atoms with Crippen LogP contribution in [0.2, 0.25) is 0 Å². The van der Waals surface area contributed by atoms with Crippen molar-refractivity contribution in [3.8, 4) is 11.4 Å². The number of rotatable bonds is 2. The topological polar surface area (TPSA) is 55.1 Å². The molecule has 1 unspecified atom stereocenters. The van der Waals surface area contributed by atoms with Crippen LogP contribution in [0, 0.1) is 12.8 Å². The third-order valence-corrected chi connectivity index (χ3v) is 3.75. The van der Waals surface area contributed by atoms with Gasteiger partial charge in [0.15, 0.2) is 0 Å². The Morgan fingerprint density at radius 1 is 1.37 bits per heavy atom. The van der Waals surface area contributed by atoms with Crippen molar-refractivity contribution in [3.63, 3.8) is 0 Å². The highest BCUT2D eigenvalue weighted by Gasteiger charge is 2.26. The molecule has 0 bridgehead atoms. The molecule has 0 saturated carbocycles. The van der Waals surface area contributed by atoms with Gasteiger partial charge in [0.1, 0.15) is 5.82 Å². The lowest BCUT2D eigenvalue weighted by molar-refractivity contribution is -0.142. The van der Waals surface area contributed by atoms with Gasteiger partial charge in [-0.15, -0.1) is 0 Å². The van der Waals surface area contributed by atoms with E-state index in [0.29, 0.717) is 12.8 Å². The number of aliphatic carboxylic acids is 1. The Morgan fingerprint density at radius 2 is 2.11 bits per heavy atom. The van der Waals surface area contributed by atoms with E-state index in [1.165, 1.54) is 5.56 Å². The van der Waals surface area contributed by atoms with Crippen LogP contribution in [0.25, 0.3) is 11.4 Å². The van der Waals surface area contributed by atoms with Crippen molar-refractivity contribution in [2.75, 3.05) is 0 Å². The first-order valence-corrected chi connectivity index (χ1v) is 6.49. The van der Waals surface area contributed by atoms with Crippen molar-refractivity contribution in [2.45, 2.75) is 26.3 Å². The second-order valence-corrected chi connectivity index (χ2v) is 5.12. The molecule has 4 nitrogen and oxygen atoms in total. The average Bonchev–Trinajstić information content (AvgIpc) is 2.82. The number of hydrogen-bond donors (Lipinski definition) is 1. The molecular weight excluding hydrogens is 240 g/mol. The molecule has 1 aromatic heterocycles. The molecule has 4 heteroatoms. The van der Waals surface area contributed by atoms with E-state index >= 15 is 0 Å². The molecular formula is C15H16N2O2. The van der Waals surface area contributed by atoms with Gasteiger partial charge in [-0.25, -0.2) is 4.98 Å². The minimum Gasteiger partial charge on any atom is -0.481 e. The zero-order chi connectivity index (χ0) is 13.4. The molecule has 3 rings (SSSR count). The largest absolute Gasteiger partial charge is 0.481 e. The maximum absolute atomic E-state index is 11.0. The fourth-order valence-corrected chi connectivity index (χ4v) is 2.61. The van der Waals surface area contributed by atoms with Crippen LogP contribution in [0.5, 0.6) is 0 Å². The van der Waals surface area contributed by atoms with Crippen molar-refractivity contribution < 1.29 is 9.90 Å². The second kappa shape index (κ2) is 4.53. The number of fused-ring (bicyclic) bond motifs is 1. The molecule has 0 radical (unpaired) electrons. The summed E-state index contributed by atoms with van der Waals surface area (Å²) < 4.78 is 2.14. The van der Waals surface area contributed by atoms with E-state index in [1.54, 1.807) is 0 Å². The van der Waals surface area contributed by atoms with E-state index in [0.717, 1.165) is 23.6 Å². The summed E-state index contributed by atoms with van der Waals surface area (Å²) in [6.07, 6.45) is 3.07. The molecule has 2 aromatic rings. The highest BCUT2D eigenvalue weighted by atomic mass is 16.4. The molecule has 1 aromatic carbocycles. The SMILES string of the molecule is Cc1ccc(-c2ncc3n2CCC(C(=O)O)C3)cc1. The lowest BCUT2D eigenvalue weighted by atomic mass is 9.96. The summed E-state index contributed by atoms with van der Waals surface area (Å²) in [5.41, 5.74) is 3.33. The van der Waals surface area contributed by atoms with Gasteiger partial charge >= 0.3 is 5.97 Å². The molecule has 2 heterocycles. The monoisotopic (exact) mass is 256 g/mol. The Hall–Kier alpha value is -2.10. The van der Waals surface area contributed by atoms with E-state index in [4.69, 9.17) is 5.11 Å². The highest BCUT2D eigenvalue weighted by molar-refractivity contribution is 5.70. The van der Waals surface area contributed by atoms with Gasteiger partial charge in [0.25, 0.3) is 0 Å². The van der Waals surface area contributed by atoms with Crippen LogP contribution in [0.3, 0.4) is 0 Å². The molecule has 0 aliphatic carbocycles. The minimum atomic E-state index is -0.704. The summed E-state index contributed by atoms with van der Waals surface area (Å²) in [6.45, 7) is 2.79. The maximum atomic E-state index is 11.0. The molecule has 0 amide bonds. The van der Waals surface area contributed by atoms with Crippen LogP contribution in [0.1, 0.15) is 17.7 Å². The van der Waals surface area contributed by atoms with Gasteiger partial charge < -0.3 is 9.67 Å². The molecule has 0 spiro atoms. The Bertz CT molecular complexity index is 614. The molecule has 1 aliphatic rings. The number of imidazole rings is 1. The van der Waals surface area contributed by atoms with Crippen molar-refractivity contribution in [3.05, 3.63) is 41.7 Å². The number of nitrogens with zero attached hydrogens (tertiary/aromatic N) is 2. The zero-order valence-electron chi connectivity index (χ0n) is 10.8. The standard InChI is InChI=1S/C15H16N2O2/c1-10-2-4-11(5-3-10)14-16-9-13-8-12(15(18)19)6-7-17(13)14/h2-5,9,12H,6-8H2,1H3,(H,18,19). The Balaban J connectivity index is 1.95. The van der Waals surface area contributed by atoms with Crippen molar-refractivity contribution in [2.24, 2.45) is 5.92 Å². The fourth-order valence-electron chi connectivity index (χ4n) is 2.61. The molecule has 1 atom stereocenters. The molecule has 0 saturated heterocycles. The van der Waals surface area contributed by atoms with E-state index in [-0.39, 0.29) is 5.92 Å². The van der Waals surface area contributed by atoms with Crippen molar-refractivity contribution in [1.29, 1.82) is 0 Å². The number of carbonyl (C=O) groups is 1. The Morgan fingerprint density at radius 3 is 2.79 bits per heavy atom. The van der Waals surface area contributed by atoms with E-state index in [1.807, 2.05) is 6.20 Å². The average molecular weight is 256 g/mol. The Labute approximate surface area is 111 Å². The summed E-state index contributed by atoms with van der Waals surface area (Å²) >= 11 is 0. The van der Waals surface area contributed by atoms with Gasteiger partial charge in [-0.05, 0) is 13.3 Å². The molecule has 1 N–H and O–H groups in total. The van der Waals surface area contributed by atoms with Crippen molar-refractivity contribution >= 4 is 5.97 Å². The number of hydrogen-bond acceptors (Lipinski definition) is 2. The zero-order valence-corrected chi connectivity index (χ0v) is 10.8. The third-order valence-electron chi connectivity index (χ3n) is 3.75. The molecule has 1 aliphatic heterocycles. The third kappa shape index (κ3) is 2.14. The van der Waals surface area contributed by atoms with Crippen LogP contribution in [0.15, 0.2) is 30.5 Å². The van der Waals surface area contributed by atoms with Gasteiger partial charge in [0, 0.05) is 30.4 Å². The molecule has 19 heavy (non-hydrogen) atoms. The normalized spacial score (nSPS) is 18.1. The predicted octanol–water partition coefficient (Wildman–Crippen LogP) is 2.51. The van der Waals surface area contributed by atoms with Crippen LogP contribution in [-0.4, -0.2) is 20.6 Å². The van der Waals surface area contributed by atoms with Crippen LogP contribution in [0.4, 0.5) is 0 Å². The van der Waals surface area contributed by atoms with Gasteiger partial charge in [0.05, 0.1) is 5.92 Å². The lowest BCUT2D eigenvalue weighted by Crippen LogP contribution is -2.25. The first kappa shape index (κ1) is 12.0. The van der Waals surface area contributed by atoms with Gasteiger partial charge in [-0.2, -0.15) is 0 Å². The number of aryl methyl sites for hydroxylation is 1. The summed E-state index contributed by atoms with van der Waals surface area (Å²) in [5.74, 6) is -0.0294. The molecule has 0 fully saturated rings. The van der Waals surface area contributed by atoms with Crippen molar-refractivity contribution in [1.82, 2.24) is 9.55 Å². The van der Waals surface area contributed by atoms with E-state index in [9.17, 15) is 4.79 Å². The van der Waals surface area contributed by atoms with Crippen LogP contribution < -0.4 is 0 Å². The van der Waals surface area contributed by atoms with Crippen LogP contribution >= 0.6 is 0 Å². The summed E-state index contributed by atoms with van der Waals surface area (Å²) in [6, 6.07) is 8.27. The summed E-state index contributed by atoms with van der Waals surface area (Å²) in [5, 5.41) is 9.09. The molecule has 98 valence electrons. The summed E-state index contributed by atoms with van der Waals surface area (Å²) in [4.78, 5) is 15.5. The maximum Gasteiger partial charge on any atom is 0.306 e. The lowest BCUT2D eigenvalue weighted by Gasteiger charge is -2.22. The number of benzene rings is 1. The number of carboxylic acids is 1. The number of carboxylic acid groups (broad SMARTS) is 1. The summed E-state index contributed by atoms with van der Waals surface area (Å²) in [7, 11) is 0. The first-order chi connectivity index (χ1) is 9.15. The highest BCUT2D eigenvalue weighted by Crippen LogP contribution is 2.27. The van der Waals surface area contributed by atoms with Gasteiger partial charge in [-0.3, -0.25) is 4.79 Å². The minimum absolute atomic E-state index is 0.268. The number of aromatic nitrogens is 2. The van der Waals surface area contributed by atoms with Gasteiger partial charge in [-0.1, -0.05) is 29.8 Å². The van der Waals surface area contributed by atoms with Crippen LogP contribution in [-0.2, 0) is 17.8 Å². The first-order valence-electron chi connectivity index (χ1n) is 6.49. The predicted molar refractivity (Wildman–Crippen MR) is 71.8 cm³/mol. The quantitative estimate of drug-likeness (QED) is 0.898. The van der Waals surface area contributed by atoms with E-state index < -0.39 is 5.97 Å². The van der Waals surface area contributed by atoms with E-state index in [2.05, 4.69) is 40.7 Å².